The number of benzene rings is 2. The van der Waals surface area contributed by atoms with Gasteiger partial charge in [-0.15, -0.1) is 0 Å². The van der Waals surface area contributed by atoms with Gasteiger partial charge in [-0.2, -0.15) is 5.26 Å². The van der Waals surface area contributed by atoms with Gasteiger partial charge in [0.1, 0.15) is 16.8 Å². The fourth-order valence-electron chi connectivity index (χ4n) is 6.18. The lowest BCUT2D eigenvalue weighted by atomic mass is 9.91. The van der Waals surface area contributed by atoms with Gasteiger partial charge < -0.3 is 15.5 Å². The van der Waals surface area contributed by atoms with Gasteiger partial charge in [-0.25, -0.2) is 9.88 Å². The van der Waals surface area contributed by atoms with E-state index in [0.717, 1.165) is 5.56 Å². The number of likely N-dealkylation sites (tertiary alicyclic amines) is 1. The Bertz CT molecular complexity index is 1720. The highest BCUT2D eigenvalue weighted by molar-refractivity contribution is 6.35. The van der Waals surface area contributed by atoms with Gasteiger partial charge in [0, 0.05) is 42.5 Å². The molecule has 4 amide bonds. The van der Waals surface area contributed by atoms with Crippen molar-refractivity contribution in [2.24, 2.45) is 0 Å². The average molecular weight is 635 g/mol. The van der Waals surface area contributed by atoms with Crippen molar-refractivity contribution in [2.45, 2.75) is 56.7 Å². The van der Waals surface area contributed by atoms with E-state index in [1.54, 1.807) is 58.9 Å². The Morgan fingerprint density at radius 1 is 1.11 bits per heavy atom. The van der Waals surface area contributed by atoms with Crippen molar-refractivity contribution >= 4 is 58.5 Å². The number of imidazole rings is 1. The number of nitriles is 1. The zero-order chi connectivity index (χ0) is 31.4. The Morgan fingerprint density at radius 3 is 2.41 bits per heavy atom. The van der Waals surface area contributed by atoms with Crippen molar-refractivity contribution in [3.05, 3.63) is 75.5 Å². The molecule has 2 aromatic carbocycles. The van der Waals surface area contributed by atoms with Gasteiger partial charge in [0.25, 0.3) is 11.8 Å². The predicted molar refractivity (Wildman–Crippen MR) is 163 cm³/mol. The van der Waals surface area contributed by atoms with Crippen LogP contribution in [0.25, 0.3) is 0 Å². The van der Waals surface area contributed by atoms with Gasteiger partial charge in [-0.3, -0.25) is 23.7 Å². The van der Waals surface area contributed by atoms with Crippen LogP contribution < -0.4 is 15.5 Å². The lowest BCUT2D eigenvalue weighted by Gasteiger charge is -2.28. The van der Waals surface area contributed by atoms with Crippen molar-refractivity contribution in [1.82, 2.24) is 25.1 Å². The molecule has 3 heterocycles. The number of amides is 4. The summed E-state index contributed by atoms with van der Waals surface area (Å²) in [5, 5.41) is 15.7. The number of anilines is 2. The highest BCUT2D eigenvalue weighted by Gasteiger charge is 2.56. The van der Waals surface area contributed by atoms with Crippen LogP contribution in [0.2, 0.25) is 10.0 Å². The summed E-state index contributed by atoms with van der Waals surface area (Å²) in [6.07, 6.45) is 3.19. The van der Waals surface area contributed by atoms with Crippen molar-refractivity contribution in [1.29, 1.82) is 5.26 Å². The summed E-state index contributed by atoms with van der Waals surface area (Å²) in [6.45, 7) is 4.04. The third-order valence-corrected chi connectivity index (χ3v) is 8.90. The number of halogens is 2. The fraction of sp³-hybridized carbons (Fsp3) is 0.355. The summed E-state index contributed by atoms with van der Waals surface area (Å²) in [4.78, 5) is 60.8. The molecule has 2 fully saturated rings. The number of rotatable bonds is 7. The van der Waals surface area contributed by atoms with Crippen LogP contribution in [0, 0.1) is 11.3 Å². The number of nitrogens with zero attached hydrogens (tertiary/aromatic N) is 5. The number of hydrogen-bond acceptors (Lipinski definition) is 6. The van der Waals surface area contributed by atoms with E-state index in [4.69, 9.17) is 23.2 Å². The molecular formula is C31H29Cl2N7O4. The first-order chi connectivity index (χ1) is 20.9. The van der Waals surface area contributed by atoms with Crippen LogP contribution in [0.5, 0.6) is 0 Å². The van der Waals surface area contributed by atoms with E-state index in [2.05, 4.69) is 21.7 Å². The molecule has 2 N–H and O–H groups in total. The largest absolute Gasteiger partial charge is 0.352 e. The quantitative estimate of drug-likeness (QED) is 0.406. The first kappa shape index (κ1) is 29.7. The molecule has 2 aliphatic heterocycles. The number of carbonyl (C=O) groups excluding carboxylic acids is 4. The van der Waals surface area contributed by atoms with E-state index >= 15 is 0 Å². The molecule has 13 heteroatoms. The molecule has 0 radical (unpaired) electrons. The Balaban J connectivity index is 1.33. The van der Waals surface area contributed by atoms with Crippen LogP contribution >= 0.6 is 23.2 Å². The van der Waals surface area contributed by atoms with Crippen LogP contribution in [0.15, 0.2) is 48.7 Å². The van der Waals surface area contributed by atoms with Crippen molar-refractivity contribution in [2.75, 3.05) is 18.0 Å². The van der Waals surface area contributed by atoms with Gasteiger partial charge in [0.15, 0.2) is 0 Å². The zero-order valence-electron chi connectivity index (χ0n) is 24.1. The monoisotopic (exact) mass is 633 g/mol. The topological polar surface area (TPSA) is 140 Å². The number of fused-ring (bicyclic) bond motifs is 1. The SMILES string of the molecule is CC(=O)N[C@H]1CCN(C(=O)C2(NC(=O)c3cnc4n3[C@](C)(Cc3ccc(C#N)cc3)C(=O)N4c3cc(Cl)cc(Cl)c3)CC2)C1. The first-order valence-electron chi connectivity index (χ1n) is 14.2. The van der Waals surface area contributed by atoms with Crippen molar-refractivity contribution in [3.63, 3.8) is 0 Å². The van der Waals surface area contributed by atoms with E-state index < -0.39 is 17.0 Å². The third-order valence-electron chi connectivity index (χ3n) is 8.47. The minimum atomic E-state index is -1.30. The Hall–Kier alpha value is -4.40. The van der Waals surface area contributed by atoms with Gasteiger partial charge in [0.2, 0.25) is 17.8 Å². The second-order valence-corrected chi connectivity index (χ2v) is 12.7. The number of aromatic nitrogens is 2. The van der Waals surface area contributed by atoms with E-state index in [1.165, 1.54) is 18.0 Å². The van der Waals surface area contributed by atoms with Gasteiger partial charge in [-0.05, 0) is 62.1 Å². The second-order valence-electron chi connectivity index (χ2n) is 11.8. The summed E-state index contributed by atoms with van der Waals surface area (Å²) < 4.78 is 1.60. The third kappa shape index (κ3) is 5.18. The van der Waals surface area contributed by atoms with Crippen LogP contribution in [0.3, 0.4) is 0 Å². The molecule has 3 aliphatic rings. The molecule has 44 heavy (non-hydrogen) atoms. The molecule has 1 saturated carbocycles. The van der Waals surface area contributed by atoms with Gasteiger partial charge in [0.05, 0.1) is 23.5 Å². The average Bonchev–Trinajstić information content (AvgIpc) is 3.30. The lowest BCUT2D eigenvalue weighted by molar-refractivity contribution is -0.133. The molecular weight excluding hydrogens is 605 g/mol. The Morgan fingerprint density at radius 2 is 1.80 bits per heavy atom. The second kappa shape index (κ2) is 10.9. The predicted octanol–water partition coefficient (Wildman–Crippen LogP) is 3.70. The van der Waals surface area contributed by atoms with Crippen LogP contribution in [0.4, 0.5) is 11.6 Å². The number of hydrogen-bond donors (Lipinski definition) is 2. The molecule has 226 valence electrons. The van der Waals surface area contributed by atoms with E-state index in [0.29, 0.717) is 53.6 Å². The summed E-state index contributed by atoms with van der Waals surface area (Å²) in [6, 6.07) is 13.6. The molecule has 6 rings (SSSR count). The van der Waals surface area contributed by atoms with Crippen molar-refractivity contribution < 1.29 is 19.2 Å². The molecule has 1 saturated heterocycles. The first-order valence-corrected chi connectivity index (χ1v) is 15.0. The van der Waals surface area contributed by atoms with Crippen molar-refractivity contribution in [3.8, 4) is 6.07 Å². The minimum absolute atomic E-state index is 0.122. The van der Waals surface area contributed by atoms with E-state index in [9.17, 15) is 24.4 Å². The summed E-state index contributed by atoms with van der Waals surface area (Å²) in [5.41, 5.74) is -0.588. The van der Waals surface area contributed by atoms with Gasteiger partial charge >= 0.3 is 0 Å². The molecule has 2 atom stereocenters. The highest BCUT2D eigenvalue weighted by Crippen LogP contribution is 2.44. The standard InChI is InChI=1S/C31H29Cl2N7O4/c1-18(41)36-23-7-10-38(17-23)28(44)31(8-9-31)37-26(42)25-16-35-29-39(24-12-21(32)11-22(33)13-24)27(43)30(2,40(25)29)14-19-3-5-20(15-34)6-4-19/h3-6,11-13,16,23H,7-10,14,17H2,1-2H3,(H,36,41)(H,37,42)/t23-,30+/m0/s1. The summed E-state index contributed by atoms with van der Waals surface area (Å²) in [5.74, 6) is -1.01. The number of carbonyl (C=O) groups is 4. The zero-order valence-corrected chi connectivity index (χ0v) is 25.6. The molecule has 11 nitrogen and oxygen atoms in total. The maximum absolute atomic E-state index is 14.3. The summed E-state index contributed by atoms with van der Waals surface area (Å²) >= 11 is 12.6. The maximum atomic E-state index is 14.3. The Kier molecular flexibility index (Phi) is 7.38. The molecule has 1 aliphatic carbocycles. The maximum Gasteiger partial charge on any atom is 0.270 e. The van der Waals surface area contributed by atoms with Gasteiger partial charge in [-0.1, -0.05) is 35.3 Å². The number of nitrogens with one attached hydrogen (secondary N) is 2. The van der Waals surface area contributed by atoms with Crippen LogP contribution in [-0.4, -0.2) is 62.7 Å². The Labute approximate surface area is 263 Å². The fourth-order valence-corrected chi connectivity index (χ4v) is 6.69. The highest BCUT2D eigenvalue weighted by atomic mass is 35.5. The van der Waals surface area contributed by atoms with Crippen LogP contribution in [0.1, 0.15) is 54.7 Å². The smallest absolute Gasteiger partial charge is 0.270 e. The molecule has 0 spiro atoms. The van der Waals surface area contributed by atoms with Crippen LogP contribution in [-0.2, 0) is 26.3 Å². The molecule has 3 aromatic rings. The minimum Gasteiger partial charge on any atom is -0.352 e. The molecule has 1 aromatic heterocycles. The molecule has 0 unspecified atom stereocenters. The van der Waals surface area contributed by atoms with E-state index in [-0.39, 0.29) is 41.8 Å². The summed E-state index contributed by atoms with van der Waals surface area (Å²) in [7, 11) is 0. The van der Waals surface area contributed by atoms with E-state index in [1.807, 2.05) is 0 Å². The lowest BCUT2D eigenvalue weighted by Crippen LogP contribution is -2.51. The molecule has 0 bridgehead atoms. The normalized spacial score (nSPS) is 21.5.